The molecule has 0 amide bonds. The zero-order chi connectivity index (χ0) is 35.2. The molecule has 0 heterocycles. The summed E-state index contributed by atoms with van der Waals surface area (Å²) in [7, 11) is 1.35. The number of methoxy groups -OCH3 is 1. The normalized spacial score (nSPS) is 11.7. The van der Waals surface area contributed by atoms with E-state index in [1.54, 1.807) is 0 Å². The Morgan fingerprint density at radius 1 is 0.354 bits per heavy atom. The van der Waals surface area contributed by atoms with E-state index in [1.165, 1.54) is 7.11 Å². The summed E-state index contributed by atoms with van der Waals surface area (Å²) >= 11 is 0. The number of ether oxygens (including phenoxy) is 14. The number of esters is 2. The molecule has 16 nitrogen and oxygen atoms in total. The Hall–Kier alpha value is -1.54. The first-order valence-corrected chi connectivity index (χ1v) is 16.6. The molecule has 0 aromatic heterocycles. The van der Waals surface area contributed by atoms with Crippen molar-refractivity contribution in [1.29, 1.82) is 0 Å². The zero-order valence-electron chi connectivity index (χ0n) is 29.7. The Bertz CT molecular complexity index is 692. The van der Waals surface area contributed by atoms with E-state index >= 15 is 0 Å². The van der Waals surface area contributed by atoms with Crippen molar-refractivity contribution in [1.82, 2.24) is 0 Å². The van der Waals surface area contributed by atoms with Gasteiger partial charge in [-0.25, -0.2) is 4.79 Å². The van der Waals surface area contributed by atoms with Gasteiger partial charge in [-0.05, 0) is 20.8 Å². The second-order valence-electron chi connectivity index (χ2n) is 10.7. The molecule has 0 aliphatic rings. The van der Waals surface area contributed by atoms with E-state index in [9.17, 15) is 9.59 Å². The summed E-state index contributed by atoms with van der Waals surface area (Å²) in [5.41, 5.74) is -0.515. The summed E-state index contributed by atoms with van der Waals surface area (Å²) in [4.78, 5) is 22.4. The van der Waals surface area contributed by atoms with Crippen LogP contribution in [0.25, 0.3) is 0 Å². The van der Waals surface area contributed by atoms with Crippen molar-refractivity contribution in [3.63, 3.8) is 0 Å². The third-order valence-electron chi connectivity index (χ3n) is 5.41. The first-order valence-electron chi connectivity index (χ1n) is 16.6. The van der Waals surface area contributed by atoms with Crippen LogP contribution in [0.5, 0.6) is 0 Å². The number of carbonyl (C=O) groups excluding carboxylic acids is 2. The minimum Gasteiger partial charge on any atom is -0.469 e. The molecule has 286 valence electrons. The molecule has 0 bridgehead atoms. The Labute approximate surface area is 286 Å². The Morgan fingerprint density at radius 2 is 0.583 bits per heavy atom. The van der Waals surface area contributed by atoms with Gasteiger partial charge in [-0.15, -0.1) is 0 Å². The van der Waals surface area contributed by atoms with Gasteiger partial charge < -0.3 is 66.3 Å². The van der Waals surface area contributed by atoms with Crippen LogP contribution in [0.15, 0.2) is 0 Å². The van der Waals surface area contributed by atoms with Crippen LogP contribution in [0.2, 0.25) is 0 Å². The van der Waals surface area contributed by atoms with Gasteiger partial charge in [0.05, 0.1) is 165 Å². The van der Waals surface area contributed by atoms with Crippen LogP contribution < -0.4 is 0 Å². The summed E-state index contributed by atoms with van der Waals surface area (Å²) in [6.07, 6.45) is 0.240. The van der Waals surface area contributed by atoms with Gasteiger partial charge in [0.1, 0.15) is 12.2 Å². The number of hydrogen-bond acceptors (Lipinski definition) is 16. The van der Waals surface area contributed by atoms with Crippen molar-refractivity contribution in [3.05, 3.63) is 0 Å². The average molecular weight is 703 g/mol. The van der Waals surface area contributed by atoms with Crippen LogP contribution in [0.3, 0.4) is 0 Å². The van der Waals surface area contributed by atoms with Gasteiger partial charge in [-0.2, -0.15) is 0 Å². The topological polar surface area (TPSA) is 163 Å². The van der Waals surface area contributed by atoms with E-state index in [4.69, 9.17) is 61.6 Å². The monoisotopic (exact) mass is 702 g/mol. The van der Waals surface area contributed by atoms with Gasteiger partial charge in [-0.3, -0.25) is 4.79 Å². The molecule has 0 saturated heterocycles. The fraction of sp³-hybridized carbons (Fsp3) is 0.938. The molecule has 0 aromatic rings. The Balaban J connectivity index is 3.10. The van der Waals surface area contributed by atoms with Gasteiger partial charge in [-0.1, -0.05) is 0 Å². The lowest BCUT2D eigenvalue weighted by molar-refractivity contribution is -0.160. The molecule has 0 aromatic carbocycles. The summed E-state index contributed by atoms with van der Waals surface area (Å²) in [6, 6.07) is 0. The second-order valence-corrected chi connectivity index (χ2v) is 10.7. The Morgan fingerprint density at radius 3 is 0.812 bits per heavy atom. The van der Waals surface area contributed by atoms with Crippen LogP contribution in [0.1, 0.15) is 27.2 Å². The van der Waals surface area contributed by atoms with Crippen molar-refractivity contribution in [2.75, 3.05) is 166 Å². The molecule has 0 atom stereocenters. The maximum absolute atomic E-state index is 11.5. The summed E-state index contributed by atoms with van der Waals surface area (Å²) in [5.74, 6) is -0.680. The van der Waals surface area contributed by atoms with Crippen LogP contribution in [0, 0.1) is 0 Å². The molecule has 0 aliphatic carbocycles. The molecule has 0 saturated carbocycles. The Kier molecular flexibility index (Phi) is 35.6. The first-order chi connectivity index (χ1) is 23.3. The van der Waals surface area contributed by atoms with Crippen LogP contribution >= 0.6 is 0 Å². The van der Waals surface area contributed by atoms with Crippen molar-refractivity contribution in [2.24, 2.45) is 0 Å². The van der Waals surface area contributed by atoms with E-state index in [1.807, 2.05) is 20.8 Å². The molecule has 0 fully saturated rings. The first kappa shape index (κ1) is 46.5. The highest BCUT2D eigenvalue weighted by atomic mass is 16.6. The third kappa shape index (κ3) is 40.6. The lowest BCUT2D eigenvalue weighted by Crippen LogP contribution is -2.27. The van der Waals surface area contributed by atoms with E-state index in [0.717, 1.165) is 0 Å². The maximum atomic E-state index is 11.5. The molecule has 48 heavy (non-hydrogen) atoms. The highest BCUT2D eigenvalue weighted by Crippen LogP contribution is 2.06. The molecule has 0 aliphatic heterocycles. The lowest BCUT2D eigenvalue weighted by Gasteiger charge is -2.19. The quantitative estimate of drug-likeness (QED) is 0.0663. The smallest absolute Gasteiger partial charge is 0.332 e. The van der Waals surface area contributed by atoms with Crippen molar-refractivity contribution < 1.29 is 75.9 Å². The standard InChI is InChI=1S/C32H62O16/c1-32(2,3)48-31(34)29-47-28-27-46-26-25-45-24-23-44-22-21-43-20-19-42-18-17-41-16-15-40-14-13-39-12-11-38-10-9-37-8-7-36-6-5-30(33)35-4/h5-29H2,1-4H3. The van der Waals surface area contributed by atoms with Crippen LogP contribution in [0.4, 0.5) is 0 Å². The van der Waals surface area contributed by atoms with Gasteiger partial charge in [0.2, 0.25) is 0 Å². The van der Waals surface area contributed by atoms with Gasteiger partial charge in [0.15, 0.2) is 0 Å². The average Bonchev–Trinajstić information content (AvgIpc) is 3.05. The molecular weight excluding hydrogens is 640 g/mol. The molecule has 0 spiro atoms. The minimum atomic E-state index is -0.515. The fourth-order valence-corrected chi connectivity index (χ4v) is 3.20. The van der Waals surface area contributed by atoms with Crippen molar-refractivity contribution >= 4 is 11.9 Å². The summed E-state index contributed by atoms with van der Waals surface area (Å²) in [6.45, 7) is 15.8. The predicted octanol–water partition coefficient (Wildman–Crippen LogP) is 1.09. The van der Waals surface area contributed by atoms with Gasteiger partial charge >= 0.3 is 11.9 Å². The maximum Gasteiger partial charge on any atom is 0.332 e. The van der Waals surface area contributed by atoms with Crippen LogP contribution in [-0.2, 0) is 75.9 Å². The summed E-state index contributed by atoms with van der Waals surface area (Å²) < 4.78 is 74.5. The van der Waals surface area contributed by atoms with Crippen molar-refractivity contribution in [2.45, 2.75) is 32.8 Å². The predicted molar refractivity (Wildman–Crippen MR) is 172 cm³/mol. The number of hydrogen-bond donors (Lipinski definition) is 0. The highest BCUT2D eigenvalue weighted by molar-refractivity contribution is 5.71. The van der Waals surface area contributed by atoms with E-state index in [2.05, 4.69) is 4.74 Å². The largest absolute Gasteiger partial charge is 0.469 e. The molecule has 0 rings (SSSR count). The number of rotatable bonds is 38. The van der Waals surface area contributed by atoms with Gasteiger partial charge in [0.25, 0.3) is 0 Å². The zero-order valence-corrected chi connectivity index (χ0v) is 29.7. The highest BCUT2D eigenvalue weighted by Gasteiger charge is 2.15. The molecule has 16 heteroatoms. The SMILES string of the molecule is COC(=O)CCOCCOCCOCCOCCOCCOCCOCCOCCOCCOCCOCCOCC(=O)OC(C)(C)C. The lowest BCUT2D eigenvalue weighted by atomic mass is 10.2. The minimum absolute atomic E-state index is 0.0873. The molecule has 0 radical (unpaired) electrons. The molecular formula is C32H62O16. The number of carbonyl (C=O) groups is 2. The van der Waals surface area contributed by atoms with E-state index < -0.39 is 11.6 Å². The van der Waals surface area contributed by atoms with E-state index in [-0.39, 0.29) is 19.0 Å². The van der Waals surface area contributed by atoms with E-state index in [0.29, 0.717) is 152 Å². The van der Waals surface area contributed by atoms with Gasteiger partial charge in [0, 0.05) is 0 Å². The second kappa shape index (κ2) is 36.7. The molecule has 0 unspecified atom stereocenters. The third-order valence-corrected chi connectivity index (χ3v) is 5.41. The summed E-state index contributed by atoms with van der Waals surface area (Å²) in [5, 5.41) is 0. The fourth-order valence-electron chi connectivity index (χ4n) is 3.20. The van der Waals surface area contributed by atoms with Crippen molar-refractivity contribution in [3.8, 4) is 0 Å². The van der Waals surface area contributed by atoms with Crippen LogP contribution in [-0.4, -0.2) is 183 Å². The molecule has 0 N–H and O–H groups in total.